The normalized spacial score (nSPS) is 25.2. The predicted molar refractivity (Wildman–Crippen MR) is 106 cm³/mol. The SMILES string of the molecule is CN1C(=O)N(c2cc(Cl)cc(Cl)c2)C(=O)[C@]12CC[C@H]2c1ccc(Br)cc1. The first-order valence-corrected chi connectivity index (χ1v) is 9.73. The molecular formula is C19H15BrCl2N2O2. The van der Waals surface area contributed by atoms with Gasteiger partial charge in [0.25, 0.3) is 5.91 Å². The van der Waals surface area contributed by atoms with E-state index in [2.05, 4.69) is 15.9 Å². The molecule has 0 unspecified atom stereocenters. The summed E-state index contributed by atoms with van der Waals surface area (Å²) >= 11 is 15.6. The number of hydrogen-bond donors (Lipinski definition) is 0. The maximum atomic E-state index is 13.4. The molecule has 0 radical (unpaired) electrons. The monoisotopic (exact) mass is 452 g/mol. The van der Waals surface area contributed by atoms with Gasteiger partial charge in [-0.3, -0.25) is 4.79 Å². The van der Waals surface area contributed by atoms with Gasteiger partial charge < -0.3 is 4.90 Å². The van der Waals surface area contributed by atoms with Crippen molar-refractivity contribution in [3.05, 3.63) is 62.5 Å². The fourth-order valence-corrected chi connectivity index (χ4v) is 4.78. The summed E-state index contributed by atoms with van der Waals surface area (Å²) in [5.74, 6) is -0.251. The molecule has 0 bridgehead atoms. The Hall–Kier alpha value is -1.56. The zero-order valence-corrected chi connectivity index (χ0v) is 17.0. The summed E-state index contributed by atoms with van der Waals surface area (Å²) in [6, 6.07) is 12.3. The minimum atomic E-state index is -0.848. The summed E-state index contributed by atoms with van der Waals surface area (Å²) in [5.41, 5.74) is 0.612. The van der Waals surface area contributed by atoms with Crippen molar-refractivity contribution in [2.75, 3.05) is 11.9 Å². The fourth-order valence-electron chi connectivity index (χ4n) is 4.00. The molecule has 1 heterocycles. The number of benzene rings is 2. The number of hydrogen-bond acceptors (Lipinski definition) is 2. The lowest BCUT2D eigenvalue weighted by molar-refractivity contribution is -0.130. The van der Waals surface area contributed by atoms with Crippen molar-refractivity contribution in [2.24, 2.45) is 0 Å². The van der Waals surface area contributed by atoms with Gasteiger partial charge in [0.2, 0.25) is 0 Å². The second-order valence-corrected chi connectivity index (χ2v) is 8.47. The molecule has 0 aromatic heterocycles. The molecule has 7 heteroatoms. The number of imide groups is 1. The van der Waals surface area contributed by atoms with E-state index in [-0.39, 0.29) is 17.9 Å². The molecule has 26 heavy (non-hydrogen) atoms. The molecule has 1 aliphatic carbocycles. The lowest BCUT2D eigenvalue weighted by Crippen LogP contribution is -2.59. The molecule has 4 nitrogen and oxygen atoms in total. The summed E-state index contributed by atoms with van der Waals surface area (Å²) in [6.07, 6.45) is 1.49. The van der Waals surface area contributed by atoms with Crippen LogP contribution in [0.15, 0.2) is 46.9 Å². The van der Waals surface area contributed by atoms with Crippen LogP contribution in [-0.2, 0) is 4.79 Å². The highest BCUT2D eigenvalue weighted by atomic mass is 79.9. The molecule has 3 amide bonds. The van der Waals surface area contributed by atoms with E-state index in [0.717, 1.165) is 16.5 Å². The number of anilines is 1. The van der Waals surface area contributed by atoms with E-state index in [1.165, 1.54) is 4.90 Å². The summed E-state index contributed by atoms with van der Waals surface area (Å²) in [6.45, 7) is 0. The molecule has 2 aliphatic rings. The van der Waals surface area contributed by atoms with Gasteiger partial charge in [-0.05, 0) is 48.7 Å². The molecule has 0 N–H and O–H groups in total. The Morgan fingerprint density at radius 3 is 2.23 bits per heavy atom. The van der Waals surface area contributed by atoms with Crippen LogP contribution in [0.3, 0.4) is 0 Å². The molecule has 1 saturated carbocycles. The molecule has 134 valence electrons. The van der Waals surface area contributed by atoms with E-state index >= 15 is 0 Å². The zero-order valence-electron chi connectivity index (χ0n) is 13.9. The lowest BCUT2D eigenvalue weighted by atomic mass is 9.62. The first-order valence-electron chi connectivity index (χ1n) is 8.18. The van der Waals surface area contributed by atoms with Crippen LogP contribution in [0.4, 0.5) is 10.5 Å². The second-order valence-electron chi connectivity index (χ2n) is 6.68. The highest BCUT2D eigenvalue weighted by Crippen LogP contribution is 2.54. The summed E-state index contributed by atoms with van der Waals surface area (Å²) < 4.78 is 0.979. The maximum absolute atomic E-state index is 13.4. The van der Waals surface area contributed by atoms with Crippen LogP contribution < -0.4 is 4.90 Å². The third-order valence-electron chi connectivity index (χ3n) is 5.42. The van der Waals surface area contributed by atoms with Crippen LogP contribution in [0.5, 0.6) is 0 Å². The molecule has 4 rings (SSSR count). The van der Waals surface area contributed by atoms with Gasteiger partial charge in [-0.1, -0.05) is 51.3 Å². The van der Waals surface area contributed by atoms with E-state index in [1.54, 1.807) is 30.1 Å². The fraction of sp³-hybridized carbons (Fsp3) is 0.263. The average Bonchev–Trinajstić information content (AvgIpc) is 2.76. The lowest BCUT2D eigenvalue weighted by Gasteiger charge is -2.48. The van der Waals surface area contributed by atoms with Gasteiger partial charge in [0.05, 0.1) is 5.69 Å². The largest absolute Gasteiger partial charge is 0.332 e. The van der Waals surface area contributed by atoms with Crippen molar-refractivity contribution in [2.45, 2.75) is 24.3 Å². The molecule has 2 aromatic carbocycles. The molecule has 1 aliphatic heterocycles. The Morgan fingerprint density at radius 1 is 1.08 bits per heavy atom. The number of halogens is 3. The van der Waals surface area contributed by atoms with Crippen molar-refractivity contribution in [3.8, 4) is 0 Å². The number of urea groups is 1. The van der Waals surface area contributed by atoms with Crippen LogP contribution in [0.2, 0.25) is 10.0 Å². The number of carbonyl (C=O) groups is 2. The van der Waals surface area contributed by atoms with Crippen molar-refractivity contribution in [1.82, 2.24) is 4.90 Å². The van der Waals surface area contributed by atoms with Crippen LogP contribution >= 0.6 is 39.1 Å². The highest BCUT2D eigenvalue weighted by molar-refractivity contribution is 9.10. The van der Waals surface area contributed by atoms with E-state index in [0.29, 0.717) is 22.2 Å². The van der Waals surface area contributed by atoms with Gasteiger partial charge in [0.1, 0.15) is 5.54 Å². The van der Waals surface area contributed by atoms with E-state index < -0.39 is 5.54 Å². The number of carbonyl (C=O) groups excluding carboxylic acids is 2. The van der Waals surface area contributed by atoms with E-state index in [4.69, 9.17) is 23.2 Å². The highest BCUT2D eigenvalue weighted by Gasteiger charge is 2.64. The van der Waals surface area contributed by atoms with Crippen molar-refractivity contribution >= 4 is 56.8 Å². The first kappa shape index (κ1) is 17.8. The molecular weight excluding hydrogens is 439 g/mol. The molecule has 2 aromatic rings. The summed E-state index contributed by atoms with van der Waals surface area (Å²) in [7, 11) is 1.69. The molecule has 1 saturated heterocycles. The zero-order chi connectivity index (χ0) is 18.6. The summed E-state index contributed by atoms with van der Waals surface area (Å²) in [4.78, 5) is 29.1. The minimum Gasteiger partial charge on any atom is -0.312 e. The van der Waals surface area contributed by atoms with Gasteiger partial charge >= 0.3 is 6.03 Å². The van der Waals surface area contributed by atoms with E-state index in [9.17, 15) is 9.59 Å². The van der Waals surface area contributed by atoms with Crippen molar-refractivity contribution < 1.29 is 9.59 Å². The Kier molecular flexibility index (Phi) is 4.29. The van der Waals surface area contributed by atoms with E-state index in [1.807, 2.05) is 24.3 Å². The maximum Gasteiger partial charge on any atom is 0.332 e. The van der Waals surface area contributed by atoms with Crippen LogP contribution in [-0.4, -0.2) is 29.4 Å². The first-order chi connectivity index (χ1) is 12.3. The Labute approximate surface area is 169 Å². The third kappa shape index (κ3) is 2.48. The smallest absolute Gasteiger partial charge is 0.312 e. The molecule has 2 fully saturated rings. The standard InChI is InChI=1S/C19H15BrCl2N2O2/c1-23-18(26)24(15-9-13(21)8-14(22)10-15)17(25)19(23)7-6-16(19)11-2-4-12(20)5-3-11/h2-5,8-10,16H,6-7H2,1H3/t16-,19+/m0/s1. The van der Waals surface area contributed by atoms with Crippen LogP contribution in [0.25, 0.3) is 0 Å². The number of rotatable bonds is 2. The Morgan fingerprint density at radius 2 is 1.69 bits per heavy atom. The topological polar surface area (TPSA) is 40.6 Å². The quantitative estimate of drug-likeness (QED) is 0.565. The van der Waals surface area contributed by atoms with Crippen molar-refractivity contribution in [1.29, 1.82) is 0 Å². The third-order valence-corrected chi connectivity index (χ3v) is 6.38. The Bertz CT molecular complexity index is 898. The van der Waals surface area contributed by atoms with Gasteiger partial charge in [-0.25, -0.2) is 9.69 Å². The van der Waals surface area contributed by atoms with Crippen LogP contribution in [0, 0.1) is 0 Å². The average molecular weight is 454 g/mol. The molecule has 1 spiro atoms. The molecule has 2 atom stereocenters. The van der Waals surface area contributed by atoms with Crippen LogP contribution in [0.1, 0.15) is 24.3 Å². The minimum absolute atomic E-state index is 0.0308. The van der Waals surface area contributed by atoms with Gasteiger partial charge in [-0.15, -0.1) is 0 Å². The predicted octanol–water partition coefficient (Wildman–Crippen LogP) is 5.47. The van der Waals surface area contributed by atoms with Crippen molar-refractivity contribution in [3.63, 3.8) is 0 Å². The van der Waals surface area contributed by atoms with Gasteiger partial charge in [0, 0.05) is 27.5 Å². The number of amides is 3. The summed E-state index contributed by atoms with van der Waals surface area (Å²) in [5, 5.41) is 0.768. The van der Waals surface area contributed by atoms with Gasteiger partial charge in [0.15, 0.2) is 0 Å². The Balaban J connectivity index is 1.75. The second kappa shape index (κ2) is 6.25. The number of likely N-dealkylation sites (N-methyl/N-ethyl adjacent to an activating group) is 1. The number of nitrogens with zero attached hydrogens (tertiary/aromatic N) is 2. The van der Waals surface area contributed by atoms with Gasteiger partial charge in [-0.2, -0.15) is 0 Å².